The normalized spacial score (nSPS) is 14.1. The van der Waals surface area contributed by atoms with Crippen molar-refractivity contribution >= 4 is 12.0 Å². The number of aliphatic carboxylic acids is 1. The van der Waals surface area contributed by atoms with Crippen LogP contribution in [0.25, 0.3) is 0 Å². The Labute approximate surface area is 116 Å². The molecule has 0 saturated heterocycles. The van der Waals surface area contributed by atoms with E-state index < -0.39 is 5.97 Å². The van der Waals surface area contributed by atoms with Crippen LogP contribution in [0.1, 0.15) is 30.9 Å². The quantitative estimate of drug-likeness (QED) is 0.795. The van der Waals surface area contributed by atoms with E-state index in [0.29, 0.717) is 18.2 Å². The van der Waals surface area contributed by atoms with Gasteiger partial charge in [-0.3, -0.25) is 9.89 Å². The van der Waals surface area contributed by atoms with Gasteiger partial charge in [0.25, 0.3) is 0 Å². The van der Waals surface area contributed by atoms with Crippen LogP contribution in [0, 0.1) is 6.92 Å². The van der Waals surface area contributed by atoms with Crippen molar-refractivity contribution in [2.24, 2.45) is 0 Å². The number of hydrogen-bond acceptors (Lipinski definition) is 4. The molecule has 0 spiro atoms. The Bertz CT molecular complexity index is 497. The molecule has 0 bridgehead atoms. The van der Waals surface area contributed by atoms with E-state index in [9.17, 15) is 9.59 Å². The second kappa shape index (κ2) is 5.89. The first-order valence-corrected chi connectivity index (χ1v) is 6.58. The molecule has 110 valence electrons. The Morgan fingerprint density at radius 2 is 2.15 bits per heavy atom. The SMILES string of the molecule is Cc1nc(CN(C)C(=O)N(CCC(=O)O)C2CC2)n[nH]1. The summed E-state index contributed by atoms with van der Waals surface area (Å²) in [6.45, 7) is 2.34. The van der Waals surface area contributed by atoms with E-state index in [1.54, 1.807) is 18.9 Å². The number of nitrogens with zero attached hydrogens (tertiary/aromatic N) is 4. The second-order valence-electron chi connectivity index (χ2n) is 5.04. The molecule has 1 aliphatic rings. The molecular weight excluding hydrogens is 262 g/mol. The van der Waals surface area contributed by atoms with Crippen molar-refractivity contribution in [2.75, 3.05) is 13.6 Å². The summed E-state index contributed by atoms with van der Waals surface area (Å²) in [7, 11) is 1.67. The summed E-state index contributed by atoms with van der Waals surface area (Å²) in [5, 5.41) is 15.5. The highest BCUT2D eigenvalue weighted by atomic mass is 16.4. The molecule has 0 radical (unpaired) electrons. The molecule has 1 heterocycles. The lowest BCUT2D eigenvalue weighted by Crippen LogP contribution is -2.43. The molecule has 0 aliphatic heterocycles. The summed E-state index contributed by atoms with van der Waals surface area (Å²) < 4.78 is 0. The molecule has 0 atom stereocenters. The van der Waals surface area contributed by atoms with Crippen LogP contribution in [0.5, 0.6) is 0 Å². The van der Waals surface area contributed by atoms with Crippen molar-refractivity contribution in [1.82, 2.24) is 25.0 Å². The van der Waals surface area contributed by atoms with Gasteiger partial charge in [-0.25, -0.2) is 9.78 Å². The van der Waals surface area contributed by atoms with Crippen LogP contribution in [0.4, 0.5) is 4.79 Å². The van der Waals surface area contributed by atoms with Gasteiger partial charge in [-0.1, -0.05) is 0 Å². The molecule has 2 rings (SSSR count). The number of carboxylic acids is 1. The zero-order valence-corrected chi connectivity index (χ0v) is 11.7. The van der Waals surface area contributed by atoms with E-state index in [-0.39, 0.29) is 25.0 Å². The van der Waals surface area contributed by atoms with E-state index in [0.717, 1.165) is 12.8 Å². The molecule has 0 aromatic carbocycles. The number of H-pyrrole nitrogens is 1. The van der Waals surface area contributed by atoms with E-state index in [1.165, 1.54) is 4.90 Å². The van der Waals surface area contributed by atoms with Crippen LogP contribution in [-0.2, 0) is 11.3 Å². The minimum Gasteiger partial charge on any atom is -0.481 e. The monoisotopic (exact) mass is 281 g/mol. The van der Waals surface area contributed by atoms with Crippen molar-refractivity contribution in [2.45, 2.75) is 38.8 Å². The maximum atomic E-state index is 12.3. The summed E-state index contributed by atoms with van der Waals surface area (Å²) in [6.07, 6.45) is 1.85. The van der Waals surface area contributed by atoms with Gasteiger partial charge in [0, 0.05) is 19.6 Å². The summed E-state index contributed by atoms with van der Waals surface area (Å²) in [5.74, 6) is 0.355. The second-order valence-corrected chi connectivity index (χ2v) is 5.04. The number of hydrogen-bond donors (Lipinski definition) is 2. The van der Waals surface area contributed by atoms with Crippen molar-refractivity contribution < 1.29 is 14.7 Å². The molecule has 20 heavy (non-hydrogen) atoms. The molecule has 1 saturated carbocycles. The fraction of sp³-hybridized carbons (Fsp3) is 0.667. The van der Waals surface area contributed by atoms with Gasteiger partial charge in [-0.05, 0) is 19.8 Å². The van der Waals surface area contributed by atoms with E-state index in [2.05, 4.69) is 15.2 Å². The van der Waals surface area contributed by atoms with Crippen LogP contribution >= 0.6 is 0 Å². The molecule has 8 nitrogen and oxygen atoms in total. The molecule has 1 aliphatic carbocycles. The highest BCUT2D eigenvalue weighted by Crippen LogP contribution is 2.27. The van der Waals surface area contributed by atoms with E-state index >= 15 is 0 Å². The van der Waals surface area contributed by atoms with Crippen LogP contribution in [-0.4, -0.2) is 61.7 Å². The number of urea groups is 1. The number of amides is 2. The third kappa shape index (κ3) is 3.69. The van der Waals surface area contributed by atoms with Crippen molar-refractivity contribution in [3.8, 4) is 0 Å². The fourth-order valence-electron chi connectivity index (χ4n) is 2.00. The number of aryl methyl sites for hydroxylation is 1. The number of nitrogens with one attached hydrogen (secondary N) is 1. The number of aromatic nitrogens is 3. The predicted molar refractivity (Wildman–Crippen MR) is 70.0 cm³/mol. The van der Waals surface area contributed by atoms with E-state index in [4.69, 9.17) is 5.11 Å². The van der Waals surface area contributed by atoms with Gasteiger partial charge in [0.2, 0.25) is 0 Å². The third-order valence-electron chi connectivity index (χ3n) is 3.15. The lowest BCUT2D eigenvalue weighted by Gasteiger charge is -2.27. The standard InChI is InChI=1S/C12H19N5O3/c1-8-13-10(15-14-8)7-16(2)12(20)17(9-3-4-9)6-5-11(18)19/h9H,3-7H2,1-2H3,(H,18,19)(H,13,14,15). The number of carboxylic acid groups (broad SMARTS) is 1. The number of rotatable bonds is 6. The Morgan fingerprint density at radius 3 is 2.65 bits per heavy atom. The first-order chi connectivity index (χ1) is 9.47. The summed E-state index contributed by atoms with van der Waals surface area (Å²) in [6, 6.07) is 0.00869. The molecule has 1 aromatic rings. The first-order valence-electron chi connectivity index (χ1n) is 6.58. The summed E-state index contributed by atoms with van der Waals surface area (Å²) in [4.78, 5) is 30.3. The van der Waals surface area contributed by atoms with Gasteiger partial charge in [-0.2, -0.15) is 5.10 Å². The Balaban J connectivity index is 1.93. The van der Waals surface area contributed by atoms with Gasteiger partial charge >= 0.3 is 12.0 Å². The molecule has 1 fully saturated rings. The van der Waals surface area contributed by atoms with E-state index in [1.807, 2.05) is 0 Å². The average molecular weight is 281 g/mol. The molecule has 8 heteroatoms. The average Bonchev–Trinajstić information content (AvgIpc) is 3.13. The zero-order chi connectivity index (χ0) is 14.7. The van der Waals surface area contributed by atoms with Crippen LogP contribution < -0.4 is 0 Å². The number of carbonyl (C=O) groups excluding carboxylic acids is 1. The zero-order valence-electron chi connectivity index (χ0n) is 11.7. The van der Waals surface area contributed by atoms with Crippen molar-refractivity contribution in [1.29, 1.82) is 0 Å². The Kier molecular flexibility index (Phi) is 4.21. The Morgan fingerprint density at radius 1 is 1.45 bits per heavy atom. The number of aromatic amines is 1. The minimum absolute atomic E-state index is 0.0319. The van der Waals surface area contributed by atoms with Crippen LogP contribution in [0.15, 0.2) is 0 Å². The number of carbonyl (C=O) groups is 2. The lowest BCUT2D eigenvalue weighted by molar-refractivity contribution is -0.137. The van der Waals surface area contributed by atoms with Crippen molar-refractivity contribution in [3.63, 3.8) is 0 Å². The minimum atomic E-state index is -0.893. The van der Waals surface area contributed by atoms with Crippen molar-refractivity contribution in [3.05, 3.63) is 11.6 Å². The molecule has 0 unspecified atom stereocenters. The maximum Gasteiger partial charge on any atom is 0.320 e. The van der Waals surface area contributed by atoms with Gasteiger partial charge < -0.3 is 14.9 Å². The fourth-order valence-corrected chi connectivity index (χ4v) is 2.00. The molecule has 2 amide bonds. The Hall–Kier alpha value is -2.12. The maximum absolute atomic E-state index is 12.3. The highest BCUT2D eigenvalue weighted by Gasteiger charge is 2.34. The van der Waals surface area contributed by atoms with Gasteiger partial charge in [0.05, 0.1) is 13.0 Å². The lowest BCUT2D eigenvalue weighted by atomic mass is 10.3. The molecule has 1 aromatic heterocycles. The summed E-state index contributed by atoms with van der Waals surface area (Å²) >= 11 is 0. The topological polar surface area (TPSA) is 102 Å². The van der Waals surface area contributed by atoms with Gasteiger partial charge in [0.15, 0.2) is 5.82 Å². The summed E-state index contributed by atoms with van der Waals surface area (Å²) in [5.41, 5.74) is 0. The first kappa shape index (κ1) is 14.3. The molecular formula is C12H19N5O3. The third-order valence-corrected chi connectivity index (χ3v) is 3.15. The van der Waals surface area contributed by atoms with Gasteiger partial charge in [-0.15, -0.1) is 0 Å². The largest absolute Gasteiger partial charge is 0.481 e. The predicted octanol–water partition coefficient (Wildman–Crippen LogP) is 0.604. The smallest absolute Gasteiger partial charge is 0.320 e. The molecule has 2 N–H and O–H groups in total. The highest BCUT2D eigenvalue weighted by molar-refractivity contribution is 5.76. The van der Waals surface area contributed by atoms with Crippen LogP contribution in [0.3, 0.4) is 0 Å². The van der Waals surface area contributed by atoms with Crippen LogP contribution in [0.2, 0.25) is 0 Å². The van der Waals surface area contributed by atoms with Gasteiger partial charge in [0.1, 0.15) is 5.82 Å².